The number of carbonyl (C=O) groups is 2. The number of nitrogens with zero attached hydrogens (tertiary/aromatic N) is 1. The van der Waals surface area contributed by atoms with Crippen LogP contribution in [0.2, 0.25) is 0 Å². The zero-order valence-corrected chi connectivity index (χ0v) is 20.5. The summed E-state index contributed by atoms with van der Waals surface area (Å²) in [4.78, 5) is 27.1. The number of aliphatic hydroxyl groups is 1. The number of hydrogen-bond donors (Lipinski definition) is 6. The number of amidine groups is 1. The van der Waals surface area contributed by atoms with Crippen LogP contribution in [0.4, 0.5) is 0 Å². The predicted molar refractivity (Wildman–Crippen MR) is 138 cm³/mol. The van der Waals surface area contributed by atoms with E-state index in [9.17, 15) is 14.7 Å². The number of hydrogen-bond acceptors (Lipinski definition) is 6. The second-order valence-electron chi connectivity index (χ2n) is 8.55. The number of nitrogens with one attached hydrogen (secondary N) is 4. The molecule has 2 aromatic carbocycles. The maximum Gasteiger partial charge on any atom is 0.239 e. The molecule has 35 heavy (non-hydrogen) atoms. The van der Waals surface area contributed by atoms with E-state index in [4.69, 9.17) is 11.1 Å². The van der Waals surface area contributed by atoms with Crippen molar-refractivity contribution in [3.63, 3.8) is 0 Å². The van der Waals surface area contributed by atoms with Crippen LogP contribution in [0.1, 0.15) is 29.5 Å². The fourth-order valence-electron chi connectivity index (χ4n) is 3.93. The van der Waals surface area contributed by atoms with Crippen LogP contribution in [-0.2, 0) is 22.7 Å². The van der Waals surface area contributed by atoms with Crippen LogP contribution >= 0.6 is 12.4 Å². The molecular weight excluding hydrogens is 468 g/mol. The minimum atomic E-state index is -0.832. The Morgan fingerprint density at radius 2 is 1.71 bits per heavy atom. The molecule has 2 aromatic rings. The topological polar surface area (TPSA) is 144 Å². The normalized spacial score (nSPS) is 15.0. The minimum Gasteiger partial charge on any atom is -0.394 e. The molecule has 0 spiro atoms. The van der Waals surface area contributed by atoms with E-state index < -0.39 is 18.6 Å². The minimum absolute atomic E-state index is 0. The highest BCUT2D eigenvalue weighted by atomic mass is 35.5. The van der Waals surface area contributed by atoms with Crippen molar-refractivity contribution in [1.82, 2.24) is 20.9 Å². The summed E-state index contributed by atoms with van der Waals surface area (Å²) in [5.74, 6) is -0.676. The molecule has 10 heteroatoms. The SMILES string of the molecule is Cl.N=C(N)c1ccc(CNC(CO)C(=O)NCC(=O)NC2CCN(Cc3ccccc3)CC2)cc1. The van der Waals surface area contributed by atoms with E-state index in [0.29, 0.717) is 12.1 Å². The molecule has 1 heterocycles. The van der Waals surface area contributed by atoms with Crippen LogP contribution in [0.5, 0.6) is 0 Å². The first-order valence-corrected chi connectivity index (χ1v) is 11.6. The molecule has 0 bridgehead atoms. The molecule has 1 atom stereocenters. The van der Waals surface area contributed by atoms with Crippen LogP contribution in [0.15, 0.2) is 54.6 Å². The third-order valence-corrected chi connectivity index (χ3v) is 5.94. The Labute approximate surface area is 212 Å². The number of amides is 2. The molecule has 0 aliphatic carbocycles. The van der Waals surface area contributed by atoms with Gasteiger partial charge in [0.2, 0.25) is 11.8 Å². The molecule has 7 N–H and O–H groups in total. The van der Waals surface area contributed by atoms with Gasteiger partial charge in [-0.25, -0.2) is 0 Å². The highest BCUT2D eigenvalue weighted by Crippen LogP contribution is 2.13. The van der Waals surface area contributed by atoms with Gasteiger partial charge in [-0.2, -0.15) is 0 Å². The van der Waals surface area contributed by atoms with E-state index in [1.54, 1.807) is 24.3 Å². The Balaban J connectivity index is 0.00000432. The molecule has 1 unspecified atom stereocenters. The number of halogens is 1. The van der Waals surface area contributed by atoms with E-state index in [-0.39, 0.29) is 36.7 Å². The van der Waals surface area contributed by atoms with Crippen molar-refractivity contribution < 1.29 is 14.7 Å². The molecule has 0 saturated carbocycles. The van der Waals surface area contributed by atoms with E-state index in [1.807, 2.05) is 18.2 Å². The molecule has 1 saturated heterocycles. The van der Waals surface area contributed by atoms with Crippen molar-refractivity contribution >= 4 is 30.1 Å². The highest BCUT2D eigenvalue weighted by molar-refractivity contribution is 5.94. The van der Waals surface area contributed by atoms with Crippen LogP contribution in [0, 0.1) is 5.41 Å². The van der Waals surface area contributed by atoms with Crippen molar-refractivity contribution in [2.45, 2.75) is 38.0 Å². The van der Waals surface area contributed by atoms with Gasteiger partial charge in [-0.05, 0) is 24.0 Å². The number of nitrogens with two attached hydrogens (primary N) is 1. The van der Waals surface area contributed by atoms with Crippen molar-refractivity contribution in [2.24, 2.45) is 5.73 Å². The van der Waals surface area contributed by atoms with Crippen molar-refractivity contribution in [1.29, 1.82) is 5.41 Å². The van der Waals surface area contributed by atoms with Crippen molar-refractivity contribution in [2.75, 3.05) is 26.2 Å². The van der Waals surface area contributed by atoms with E-state index in [1.165, 1.54) is 5.56 Å². The Morgan fingerprint density at radius 1 is 1.06 bits per heavy atom. The van der Waals surface area contributed by atoms with E-state index in [2.05, 4.69) is 33.0 Å². The summed E-state index contributed by atoms with van der Waals surface area (Å²) < 4.78 is 0. The Bertz CT molecular complexity index is 949. The average molecular weight is 503 g/mol. The van der Waals surface area contributed by atoms with Gasteiger partial charge in [-0.1, -0.05) is 54.6 Å². The van der Waals surface area contributed by atoms with Crippen molar-refractivity contribution in [3.05, 3.63) is 71.3 Å². The van der Waals surface area contributed by atoms with Gasteiger partial charge >= 0.3 is 0 Å². The second kappa shape index (κ2) is 14.4. The van der Waals surface area contributed by atoms with Gasteiger partial charge in [0.05, 0.1) is 13.2 Å². The summed E-state index contributed by atoms with van der Waals surface area (Å²) in [6.07, 6.45) is 1.74. The number of piperidine rings is 1. The Morgan fingerprint density at radius 3 is 2.31 bits per heavy atom. The molecule has 1 fully saturated rings. The maximum atomic E-state index is 12.4. The Hall–Kier alpha value is -2.98. The zero-order chi connectivity index (χ0) is 24.3. The summed E-state index contributed by atoms with van der Waals surface area (Å²) in [5.41, 5.74) is 8.23. The largest absolute Gasteiger partial charge is 0.394 e. The summed E-state index contributed by atoms with van der Waals surface area (Å²) >= 11 is 0. The molecule has 3 rings (SSSR count). The van der Waals surface area contributed by atoms with Gasteiger partial charge in [-0.15, -0.1) is 12.4 Å². The summed E-state index contributed by atoms with van der Waals surface area (Å²) in [5, 5.41) is 25.6. The monoisotopic (exact) mass is 502 g/mol. The third-order valence-electron chi connectivity index (χ3n) is 5.94. The number of benzene rings is 2. The molecule has 1 aliphatic heterocycles. The molecule has 1 aliphatic rings. The number of nitrogen functional groups attached to an aromatic ring is 1. The van der Waals surface area contributed by atoms with Crippen molar-refractivity contribution in [3.8, 4) is 0 Å². The van der Waals surface area contributed by atoms with Gasteiger partial charge < -0.3 is 21.5 Å². The number of likely N-dealkylation sites (tertiary alicyclic amines) is 1. The second-order valence-corrected chi connectivity index (χ2v) is 8.55. The zero-order valence-electron chi connectivity index (χ0n) is 19.7. The highest BCUT2D eigenvalue weighted by Gasteiger charge is 2.22. The quantitative estimate of drug-likeness (QED) is 0.197. The van der Waals surface area contributed by atoms with Crippen LogP contribution in [-0.4, -0.2) is 66.0 Å². The fraction of sp³-hybridized carbons (Fsp3) is 0.400. The first-order valence-electron chi connectivity index (χ1n) is 11.6. The summed E-state index contributed by atoms with van der Waals surface area (Å²) in [7, 11) is 0. The van der Waals surface area contributed by atoms with Gasteiger partial charge in [0.15, 0.2) is 0 Å². The lowest BCUT2D eigenvalue weighted by molar-refractivity contribution is -0.128. The lowest BCUT2D eigenvalue weighted by Crippen LogP contribution is -2.51. The standard InChI is InChI=1S/C25H34N6O3.ClH/c26-24(27)20-8-6-18(7-9-20)14-28-22(17-32)25(34)29-15-23(33)30-21-10-12-31(13-11-21)16-19-4-2-1-3-5-19;/h1-9,21-22,28,32H,10-17H2,(H3,26,27)(H,29,34)(H,30,33);1H. The number of rotatable bonds is 11. The van der Waals surface area contributed by atoms with Gasteiger partial charge in [0.1, 0.15) is 11.9 Å². The molecule has 0 aromatic heterocycles. The van der Waals surface area contributed by atoms with Crippen LogP contribution in [0.3, 0.4) is 0 Å². The molecule has 190 valence electrons. The fourth-order valence-corrected chi connectivity index (χ4v) is 3.93. The first kappa shape index (κ1) is 28.3. The van der Waals surface area contributed by atoms with Crippen LogP contribution in [0.25, 0.3) is 0 Å². The molecule has 2 amide bonds. The van der Waals surface area contributed by atoms with Crippen LogP contribution < -0.4 is 21.7 Å². The molecule has 9 nitrogen and oxygen atoms in total. The lowest BCUT2D eigenvalue weighted by Gasteiger charge is -2.32. The smallest absolute Gasteiger partial charge is 0.239 e. The summed E-state index contributed by atoms with van der Waals surface area (Å²) in [6.45, 7) is 2.57. The first-order chi connectivity index (χ1) is 16.4. The summed E-state index contributed by atoms with van der Waals surface area (Å²) in [6, 6.07) is 16.7. The van der Waals surface area contributed by atoms with E-state index >= 15 is 0 Å². The van der Waals surface area contributed by atoms with Gasteiger partial charge in [0, 0.05) is 37.8 Å². The maximum absolute atomic E-state index is 12.4. The van der Waals surface area contributed by atoms with Gasteiger partial charge in [0.25, 0.3) is 0 Å². The molecular formula is C25H35ClN6O3. The molecule has 0 radical (unpaired) electrons. The Kier molecular flexibility index (Phi) is 11.6. The third kappa shape index (κ3) is 9.29. The van der Waals surface area contributed by atoms with Gasteiger partial charge in [-0.3, -0.25) is 25.2 Å². The predicted octanol–water partition coefficient (Wildman–Crippen LogP) is 0.740. The van der Waals surface area contributed by atoms with E-state index in [0.717, 1.165) is 38.0 Å². The number of carbonyl (C=O) groups excluding carboxylic acids is 2. The average Bonchev–Trinajstić information content (AvgIpc) is 2.85. The lowest BCUT2D eigenvalue weighted by atomic mass is 10.0. The number of aliphatic hydroxyl groups excluding tert-OH is 1.